The van der Waals surface area contributed by atoms with Crippen LogP contribution in [0, 0.1) is 17.8 Å². The number of rotatable bonds is 4. The Bertz CT molecular complexity index is 454. The highest BCUT2D eigenvalue weighted by Crippen LogP contribution is 2.55. The first-order chi connectivity index (χ1) is 8.65. The van der Waals surface area contributed by atoms with Gasteiger partial charge in [-0.2, -0.15) is 0 Å². The number of para-hydroxylation sites is 1. The highest BCUT2D eigenvalue weighted by atomic mass is 16.5. The van der Waals surface area contributed by atoms with Gasteiger partial charge in [0, 0.05) is 5.92 Å². The summed E-state index contributed by atoms with van der Waals surface area (Å²) in [7, 11) is 0. The van der Waals surface area contributed by atoms with Crippen molar-refractivity contribution < 1.29 is 9.53 Å². The topological polar surface area (TPSA) is 26.3 Å². The summed E-state index contributed by atoms with van der Waals surface area (Å²) in [4.78, 5) is 12.5. The third-order valence-corrected chi connectivity index (χ3v) is 4.13. The van der Waals surface area contributed by atoms with Crippen LogP contribution in [-0.2, 0) is 0 Å². The number of ether oxygens (including phenoxy) is 1. The van der Waals surface area contributed by atoms with Gasteiger partial charge in [-0.05, 0) is 57.1 Å². The zero-order valence-electron chi connectivity index (χ0n) is 11.1. The van der Waals surface area contributed by atoms with E-state index in [1.54, 1.807) is 0 Å². The van der Waals surface area contributed by atoms with E-state index < -0.39 is 0 Å². The molecule has 0 amide bonds. The lowest BCUT2D eigenvalue weighted by molar-refractivity contribution is 0.0908. The summed E-state index contributed by atoms with van der Waals surface area (Å²) in [5, 5.41) is 0. The van der Waals surface area contributed by atoms with Crippen LogP contribution in [0.5, 0.6) is 5.75 Å². The summed E-state index contributed by atoms with van der Waals surface area (Å²) in [6.45, 7) is 3.98. The molecule has 96 valence electrons. The van der Waals surface area contributed by atoms with Gasteiger partial charge >= 0.3 is 0 Å². The number of carbonyl (C=O) groups is 1. The molecule has 2 aliphatic rings. The maximum absolute atomic E-state index is 12.5. The molecular weight excluding hydrogens is 224 g/mol. The van der Waals surface area contributed by atoms with Crippen LogP contribution in [0.1, 0.15) is 43.5 Å². The van der Waals surface area contributed by atoms with E-state index in [2.05, 4.69) is 0 Å². The zero-order valence-corrected chi connectivity index (χ0v) is 11.1. The number of hydrogen-bond donors (Lipinski definition) is 0. The summed E-state index contributed by atoms with van der Waals surface area (Å²) in [5.41, 5.74) is 0.775. The second-order valence-corrected chi connectivity index (χ2v) is 5.95. The summed E-state index contributed by atoms with van der Waals surface area (Å²) in [6.07, 6.45) is 3.66. The number of hydrogen-bond acceptors (Lipinski definition) is 2. The van der Waals surface area contributed by atoms with Gasteiger partial charge in [-0.25, -0.2) is 0 Å². The molecular formula is C16H20O2. The minimum absolute atomic E-state index is 0.107. The summed E-state index contributed by atoms with van der Waals surface area (Å²) >= 11 is 0. The van der Waals surface area contributed by atoms with E-state index in [1.165, 1.54) is 6.42 Å². The van der Waals surface area contributed by atoms with Crippen molar-refractivity contribution >= 4 is 5.78 Å². The molecule has 0 aliphatic heterocycles. The Hall–Kier alpha value is -1.31. The monoisotopic (exact) mass is 244 g/mol. The van der Waals surface area contributed by atoms with Gasteiger partial charge in [0.15, 0.2) is 5.78 Å². The standard InChI is InChI=1S/C16H20O2/c1-10(2)18-15-6-4-3-5-14(15)16(17)13-8-11-7-12(11)9-13/h3-6,10-13H,7-9H2,1-2H3. The van der Waals surface area contributed by atoms with Gasteiger partial charge in [0.2, 0.25) is 0 Å². The third kappa shape index (κ3) is 2.16. The third-order valence-electron chi connectivity index (χ3n) is 4.13. The Morgan fingerprint density at radius 1 is 1.17 bits per heavy atom. The van der Waals surface area contributed by atoms with E-state index in [9.17, 15) is 4.79 Å². The molecule has 2 unspecified atom stereocenters. The molecule has 2 heteroatoms. The second-order valence-electron chi connectivity index (χ2n) is 5.95. The van der Waals surface area contributed by atoms with Crippen molar-refractivity contribution in [3.05, 3.63) is 29.8 Å². The van der Waals surface area contributed by atoms with Crippen LogP contribution in [0.25, 0.3) is 0 Å². The van der Waals surface area contributed by atoms with Crippen molar-refractivity contribution in [2.45, 2.75) is 39.2 Å². The first-order valence-corrected chi connectivity index (χ1v) is 6.95. The number of fused-ring (bicyclic) bond motifs is 1. The zero-order chi connectivity index (χ0) is 12.7. The van der Waals surface area contributed by atoms with Crippen LogP contribution >= 0.6 is 0 Å². The Morgan fingerprint density at radius 3 is 2.50 bits per heavy atom. The predicted molar refractivity (Wildman–Crippen MR) is 70.9 cm³/mol. The van der Waals surface area contributed by atoms with Crippen molar-refractivity contribution in [2.24, 2.45) is 17.8 Å². The van der Waals surface area contributed by atoms with Crippen LogP contribution in [-0.4, -0.2) is 11.9 Å². The number of benzene rings is 1. The summed E-state index contributed by atoms with van der Waals surface area (Å²) < 4.78 is 5.74. The van der Waals surface area contributed by atoms with Gasteiger partial charge in [-0.1, -0.05) is 12.1 Å². The molecule has 18 heavy (non-hydrogen) atoms. The minimum Gasteiger partial charge on any atom is -0.490 e. The van der Waals surface area contributed by atoms with Gasteiger partial charge in [0.25, 0.3) is 0 Å². The quantitative estimate of drug-likeness (QED) is 0.755. The molecule has 0 radical (unpaired) electrons. The Balaban J connectivity index is 1.80. The fourth-order valence-corrected chi connectivity index (χ4v) is 3.18. The molecule has 1 aromatic rings. The van der Waals surface area contributed by atoms with E-state index in [4.69, 9.17) is 4.74 Å². The SMILES string of the molecule is CC(C)Oc1ccccc1C(=O)C1CC2CC2C1. The molecule has 0 aromatic heterocycles. The average Bonchev–Trinajstić information content (AvgIpc) is 2.95. The molecule has 0 bridgehead atoms. The van der Waals surface area contributed by atoms with Crippen LogP contribution in [0.2, 0.25) is 0 Å². The molecule has 0 heterocycles. The van der Waals surface area contributed by atoms with E-state index in [1.807, 2.05) is 38.1 Å². The Morgan fingerprint density at radius 2 is 1.83 bits per heavy atom. The Kier molecular flexibility index (Phi) is 2.89. The first kappa shape index (κ1) is 11.8. The maximum Gasteiger partial charge on any atom is 0.169 e. The van der Waals surface area contributed by atoms with Crippen molar-refractivity contribution in [1.29, 1.82) is 0 Å². The lowest BCUT2D eigenvalue weighted by Gasteiger charge is -2.16. The van der Waals surface area contributed by atoms with Crippen molar-refractivity contribution in [1.82, 2.24) is 0 Å². The molecule has 0 spiro atoms. The molecule has 2 aliphatic carbocycles. The molecule has 3 rings (SSSR count). The maximum atomic E-state index is 12.5. The fraction of sp³-hybridized carbons (Fsp3) is 0.562. The lowest BCUT2D eigenvalue weighted by Crippen LogP contribution is -2.16. The van der Waals surface area contributed by atoms with Crippen molar-refractivity contribution in [3.8, 4) is 5.75 Å². The molecule has 0 N–H and O–H groups in total. The van der Waals surface area contributed by atoms with Gasteiger partial charge in [-0.15, -0.1) is 0 Å². The molecule has 0 saturated heterocycles. The van der Waals surface area contributed by atoms with Gasteiger partial charge in [0.1, 0.15) is 5.75 Å². The highest BCUT2D eigenvalue weighted by molar-refractivity contribution is 6.00. The Labute approximate surface area is 108 Å². The van der Waals surface area contributed by atoms with E-state index in [0.29, 0.717) is 5.78 Å². The van der Waals surface area contributed by atoms with Crippen LogP contribution in [0.4, 0.5) is 0 Å². The van der Waals surface area contributed by atoms with Crippen molar-refractivity contribution in [2.75, 3.05) is 0 Å². The molecule has 2 fully saturated rings. The van der Waals surface area contributed by atoms with E-state index in [-0.39, 0.29) is 12.0 Å². The normalized spacial score (nSPS) is 29.2. The molecule has 2 atom stereocenters. The number of Topliss-reactive ketones (excluding diaryl/α,β-unsaturated/α-hetero) is 1. The van der Waals surface area contributed by atoms with E-state index in [0.717, 1.165) is 36.0 Å². The smallest absolute Gasteiger partial charge is 0.169 e. The molecule has 2 nitrogen and oxygen atoms in total. The largest absolute Gasteiger partial charge is 0.490 e. The summed E-state index contributed by atoms with van der Waals surface area (Å²) in [5.74, 6) is 2.97. The van der Waals surface area contributed by atoms with E-state index >= 15 is 0 Å². The first-order valence-electron chi connectivity index (χ1n) is 6.95. The number of ketones is 1. The van der Waals surface area contributed by atoms with Crippen LogP contribution in [0.3, 0.4) is 0 Å². The highest BCUT2D eigenvalue weighted by Gasteiger charge is 2.48. The van der Waals surface area contributed by atoms with Gasteiger partial charge < -0.3 is 4.74 Å². The average molecular weight is 244 g/mol. The van der Waals surface area contributed by atoms with Gasteiger partial charge in [-0.3, -0.25) is 4.79 Å². The molecule has 1 aromatic carbocycles. The second kappa shape index (κ2) is 4.42. The minimum atomic E-state index is 0.107. The lowest BCUT2D eigenvalue weighted by atomic mass is 9.93. The van der Waals surface area contributed by atoms with Crippen LogP contribution < -0.4 is 4.74 Å². The van der Waals surface area contributed by atoms with Crippen LogP contribution in [0.15, 0.2) is 24.3 Å². The summed E-state index contributed by atoms with van der Waals surface area (Å²) in [6, 6.07) is 7.67. The molecule has 2 saturated carbocycles. The van der Waals surface area contributed by atoms with Gasteiger partial charge in [0.05, 0.1) is 11.7 Å². The van der Waals surface area contributed by atoms with Crippen molar-refractivity contribution in [3.63, 3.8) is 0 Å². The predicted octanol–water partition coefficient (Wildman–Crippen LogP) is 3.70. The number of carbonyl (C=O) groups excluding carboxylic acids is 1. The fourth-order valence-electron chi connectivity index (χ4n) is 3.18.